The minimum atomic E-state index is -0.711. The molecule has 30 heteroatoms. The van der Waals surface area contributed by atoms with Gasteiger partial charge in [0.1, 0.15) is 22.4 Å². The van der Waals surface area contributed by atoms with Crippen LogP contribution in [0.4, 0.5) is 19.2 Å². The zero-order chi connectivity index (χ0) is 61.9. The first kappa shape index (κ1) is 76.0. The van der Waals surface area contributed by atoms with E-state index in [4.69, 9.17) is 43.4 Å². The fourth-order valence-electron chi connectivity index (χ4n) is 6.52. The molecular weight excluding hydrogens is 1080 g/mol. The second-order valence-electron chi connectivity index (χ2n) is 22.5. The Bertz CT molecular complexity index is 1740. The molecule has 0 aromatic rings. The Hall–Kier alpha value is -6.01. The van der Waals surface area contributed by atoms with Gasteiger partial charge < -0.3 is 80.4 Å². The molecule has 0 saturated carbocycles. The van der Waals surface area contributed by atoms with Crippen LogP contribution in [0.15, 0.2) is 5.11 Å². The van der Waals surface area contributed by atoms with Gasteiger partial charge in [0.25, 0.3) is 0 Å². The molecule has 8 amide bonds. The number of alkyl carbamates (subject to hydrolysis) is 4. The van der Waals surface area contributed by atoms with Crippen molar-refractivity contribution in [3.05, 3.63) is 10.4 Å². The maximum Gasteiger partial charge on any atom is 0.407 e. The van der Waals surface area contributed by atoms with Crippen LogP contribution in [0.3, 0.4) is 0 Å². The van der Waals surface area contributed by atoms with Gasteiger partial charge in [-0.3, -0.25) is 33.9 Å². The lowest BCUT2D eigenvalue weighted by Crippen LogP contribution is -2.48. The summed E-state index contributed by atoms with van der Waals surface area (Å²) in [5, 5.41) is 25.5. The second kappa shape index (κ2) is 43.6. The highest BCUT2D eigenvalue weighted by Gasteiger charge is 2.22. The van der Waals surface area contributed by atoms with E-state index < -0.39 is 46.8 Å². The molecule has 0 aliphatic rings. The minimum absolute atomic E-state index is 0.0972. The summed E-state index contributed by atoms with van der Waals surface area (Å²) in [6.07, 6.45) is -1.90. The molecule has 82 heavy (non-hydrogen) atoms. The molecular formula is C52H100N14O16. The molecule has 0 spiro atoms. The van der Waals surface area contributed by atoms with Gasteiger partial charge in [-0.15, -0.1) is 0 Å². The van der Waals surface area contributed by atoms with Gasteiger partial charge in [0, 0.05) is 110 Å². The van der Waals surface area contributed by atoms with Crippen LogP contribution in [-0.2, 0) is 57.1 Å². The van der Waals surface area contributed by atoms with E-state index in [1.54, 1.807) is 97.8 Å². The van der Waals surface area contributed by atoms with Crippen molar-refractivity contribution in [2.45, 2.75) is 118 Å². The number of amides is 8. The Morgan fingerprint density at radius 3 is 0.915 bits per heavy atom. The van der Waals surface area contributed by atoms with Crippen LogP contribution in [-0.4, -0.2) is 256 Å². The number of nitrogens with one attached hydrogen (secondary N) is 8. The quantitative estimate of drug-likeness (QED) is 0.0141. The van der Waals surface area contributed by atoms with Crippen molar-refractivity contribution in [3.63, 3.8) is 0 Å². The molecule has 0 bridgehead atoms. The second-order valence-corrected chi connectivity index (χ2v) is 22.5. The number of nitrogens with zero attached hydrogens (tertiary/aromatic N) is 6. The summed E-state index contributed by atoms with van der Waals surface area (Å²) in [5.41, 5.74) is 5.40. The lowest BCUT2D eigenvalue weighted by atomic mass is 10.2. The highest BCUT2D eigenvalue weighted by molar-refractivity contribution is 5.79. The van der Waals surface area contributed by atoms with Crippen LogP contribution in [0, 0.1) is 0 Å². The Labute approximate surface area is 484 Å². The largest absolute Gasteiger partial charge is 0.444 e. The molecule has 0 unspecified atom stereocenters. The van der Waals surface area contributed by atoms with Gasteiger partial charge >= 0.3 is 24.4 Å². The van der Waals surface area contributed by atoms with Crippen molar-refractivity contribution < 1.29 is 76.3 Å². The van der Waals surface area contributed by atoms with Gasteiger partial charge in [0.2, 0.25) is 23.6 Å². The van der Waals surface area contributed by atoms with Crippen molar-refractivity contribution in [2.24, 2.45) is 5.11 Å². The molecule has 8 N–H and O–H groups in total. The van der Waals surface area contributed by atoms with Gasteiger partial charge in [0.15, 0.2) is 0 Å². The van der Waals surface area contributed by atoms with Gasteiger partial charge in [0.05, 0.1) is 72.5 Å². The number of carbonyl (C=O) groups excluding carboxylic acids is 8. The third-order valence-corrected chi connectivity index (χ3v) is 9.97. The molecule has 0 rings (SSSR count). The number of carbonyl (C=O) groups is 8. The first-order valence-corrected chi connectivity index (χ1v) is 27.9. The highest BCUT2D eigenvalue weighted by Crippen LogP contribution is 2.09. The molecule has 0 heterocycles. The number of hydrogen-bond donors (Lipinski definition) is 8. The lowest BCUT2D eigenvalue weighted by Gasteiger charge is -2.25. The Morgan fingerprint density at radius 2 is 0.622 bits per heavy atom. The molecule has 0 atom stereocenters. The molecule has 0 aromatic heterocycles. The van der Waals surface area contributed by atoms with Crippen LogP contribution in [0.2, 0.25) is 0 Å². The van der Waals surface area contributed by atoms with E-state index in [1.807, 2.05) is 0 Å². The van der Waals surface area contributed by atoms with E-state index in [9.17, 15) is 38.4 Å². The van der Waals surface area contributed by atoms with E-state index in [0.29, 0.717) is 59.2 Å². The molecule has 0 aliphatic carbocycles. The number of ether oxygens (including phenoxy) is 8. The Morgan fingerprint density at radius 1 is 0.366 bits per heavy atom. The standard InChI is InChI=1S/C52H100N14O16/c1-49(2,3)79-45(71)58-19-26-65(27-20-59-46(72)80-50(4,5)6)39-43(69)56-17-24-64(25-18-57-44(70)40-66(28-21-60-47(73)81-51(7,8)9)29-22-61-48(74)82-52(10,11)12)38-42(68)55-16-13-15-54-41(67)14-30-75-32-34-77-36-37-78-35-33-76-31-23-62-63-53/h13-40H2,1-12H3,(H,54,67)(H,55,68)(H,56,69)(H,57,70)(H,58,71)(H,59,72)(H,60,73)(H,61,74). The van der Waals surface area contributed by atoms with Crippen molar-refractivity contribution in [3.8, 4) is 0 Å². The number of rotatable bonds is 43. The van der Waals surface area contributed by atoms with Crippen LogP contribution in [0.1, 0.15) is 95.9 Å². The maximum absolute atomic E-state index is 13.4. The SMILES string of the molecule is CC(C)(C)OC(=O)NCCN(CCNC(=O)OC(C)(C)C)CC(=O)NCCN(CCNC(=O)CN(CCNC(=O)OC(C)(C)C)CCNC(=O)OC(C)(C)C)CC(=O)NCCCNC(=O)CCOCCOCCOCCOCCN=[N+]=[N-]. The normalized spacial score (nSPS) is 11.7. The van der Waals surface area contributed by atoms with E-state index in [-0.39, 0.29) is 148 Å². The van der Waals surface area contributed by atoms with Gasteiger partial charge in [-0.1, -0.05) is 5.11 Å². The third-order valence-electron chi connectivity index (χ3n) is 9.97. The maximum atomic E-state index is 13.4. The monoisotopic (exact) mass is 1180 g/mol. The zero-order valence-electron chi connectivity index (χ0n) is 51.0. The lowest BCUT2D eigenvalue weighted by molar-refractivity contribution is -0.123. The molecule has 474 valence electrons. The Kier molecular flexibility index (Phi) is 40.4. The van der Waals surface area contributed by atoms with Crippen LogP contribution >= 0.6 is 0 Å². The minimum Gasteiger partial charge on any atom is -0.444 e. The van der Waals surface area contributed by atoms with E-state index in [2.05, 4.69) is 52.6 Å². The molecule has 0 aliphatic heterocycles. The summed E-state index contributed by atoms with van der Waals surface area (Å²) >= 11 is 0. The summed E-state index contributed by atoms with van der Waals surface area (Å²) in [7, 11) is 0. The van der Waals surface area contributed by atoms with Crippen LogP contribution < -0.4 is 42.5 Å². The summed E-state index contributed by atoms with van der Waals surface area (Å²) in [6.45, 7) is 26.2. The summed E-state index contributed by atoms with van der Waals surface area (Å²) in [6, 6.07) is 0. The Balaban J connectivity index is 5.54. The number of azide groups is 1. The topological polar surface area (TPSA) is 365 Å². The van der Waals surface area contributed by atoms with Crippen molar-refractivity contribution in [2.75, 3.05) is 171 Å². The van der Waals surface area contributed by atoms with E-state index in [0.717, 1.165) is 0 Å². The molecule has 30 nitrogen and oxygen atoms in total. The first-order valence-electron chi connectivity index (χ1n) is 27.9. The van der Waals surface area contributed by atoms with Gasteiger partial charge in [-0.2, -0.15) is 0 Å². The molecule has 0 aromatic carbocycles. The summed E-state index contributed by atoms with van der Waals surface area (Å²) in [5.74, 6) is -1.28. The van der Waals surface area contributed by atoms with Crippen molar-refractivity contribution in [1.82, 2.24) is 57.2 Å². The fraction of sp³-hybridized carbons (Fsp3) is 0.846. The van der Waals surface area contributed by atoms with E-state index >= 15 is 0 Å². The molecule has 0 radical (unpaired) electrons. The first-order chi connectivity index (χ1) is 38.4. The van der Waals surface area contributed by atoms with Crippen molar-refractivity contribution >= 4 is 48.0 Å². The average Bonchev–Trinajstić information content (AvgIpc) is 3.33. The predicted molar refractivity (Wildman–Crippen MR) is 305 cm³/mol. The summed E-state index contributed by atoms with van der Waals surface area (Å²) in [4.78, 5) is 110. The third kappa shape index (κ3) is 52.1. The number of hydrogen-bond acceptors (Lipinski definition) is 20. The average molecular weight is 1180 g/mol. The van der Waals surface area contributed by atoms with Gasteiger partial charge in [-0.05, 0) is 95.0 Å². The van der Waals surface area contributed by atoms with Crippen molar-refractivity contribution in [1.29, 1.82) is 0 Å². The fourth-order valence-corrected chi connectivity index (χ4v) is 6.52. The van der Waals surface area contributed by atoms with Crippen LogP contribution in [0.25, 0.3) is 10.4 Å². The van der Waals surface area contributed by atoms with Gasteiger partial charge in [-0.25, -0.2) is 19.2 Å². The van der Waals surface area contributed by atoms with E-state index in [1.165, 1.54) is 0 Å². The molecule has 0 fully saturated rings. The van der Waals surface area contributed by atoms with Crippen LogP contribution in [0.5, 0.6) is 0 Å². The zero-order valence-corrected chi connectivity index (χ0v) is 51.0. The summed E-state index contributed by atoms with van der Waals surface area (Å²) < 4.78 is 42.9. The highest BCUT2D eigenvalue weighted by atomic mass is 16.6. The smallest absolute Gasteiger partial charge is 0.407 e. The molecule has 0 saturated heterocycles. The predicted octanol–water partition coefficient (Wildman–Crippen LogP) is 1.61.